The van der Waals surface area contributed by atoms with Gasteiger partial charge in [0, 0.05) is 17.8 Å². The van der Waals surface area contributed by atoms with Crippen LogP contribution >= 0.6 is 0 Å². The maximum absolute atomic E-state index is 12.2. The summed E-state index contributed by atoms with van der Waals surface area (Å²) in [5, 5.41) is 5.61. The summed E-state index contributed by atoms with van der Waals surface area (Å²) < 4.78 is 29.7. The molecule has 0 aliphatic carbocycles. The molecule has 0 spiro atoms. The largest absolute Gasteiger partial charge is 0.465 e. The molecule has 1 atom stereocenters. The summed E-state index contributed by atoms with van der Waals surface area (Å²) in [5.74, 6) is -0.697. The fraction of sp³-hybridized carbons (Fsp3) is 0.333. The Balaban J connectivity index is 1.77. The van der Waals surface area contributed by atoms with Crippen LogP contribution in [0, 0.1) is 0 Å². The number of ether oxygens (including phenoxy) is 1. The first-order valence-electron chi connectivity index (χ1n) is 9.15. The number of rotatable bonds is 7. The van der Waals surface area contributed by atoms with E-state index in [1.807, 2.05) is 59.4 Å². The number of carbonyl (C=O) groups is 1. The predicted octanol–water partition coefficient (Wildman–Crippen LogP) is 3.32. The van der Waals surface area contributed by atoms with Gasteiger partial charge in [0.2, 0.25) is 0 Å². The lowest BCUT2D eigenvalue weighted by atomic mass is 10.00. The van der Waals surface area contributed by atoms with Crippen molar-refractivity contribution in [2.75, 3.05) is 12.9 Å². The Bertz CT molecular complexity index is 1050. The second-order valence-electron chi connectivity index (χ2n) is 7.02. The van der Waals surface area contributed by atoms with Crippen LogP contribution in [-0.4, -0.2) is 41.8 Å². The lowest BCUT2D eigenvalue weighted by molar-refractivity contribution is -0.146. The van der Waals surface area contributed by atoms with E-state index >= 15 is 0 Å². The average molecular weight is 401 g/mol. The molecule has 28 heavy (non-hydrogen) atoms. The first-order chi connectivity index (χ1) is 13.2. The molecule has 2 aromatic carbocycles. The van der Waals surface area contributed by atoms with Gasteiger partial charge in [0.05, 0.1) is 17.8 Å². The van der Waals surface area contributed by atoms with Crippen LogP contribution in [0.4, 0.5) is 0 Å². The van der Waals surface area contributed by atoms with E-state index in [2.05, 4.69) is 5.10 Å². The maximum Gasteiger partial charge on any atom is 0.327 e. The van der Waals surface area contributed by atoms with Crippen LogP contribution in [0.3, 0.4) is 0 Å². The SMILES string of the molecule is CCOC(=O)C(C)(CCc1ccc(-n2cc3ccccc3n2)cc1)S(C)(=O)=O. The van der Waals surface area contributed by atoms with Gasteiger partial charge in [-0.05, 0) is 50.5 Å². The Kier molecular flexibility index (Phi) is 5.56. The van der Waals surface area contributed by atoms with E-state index < -0.39 is 20.6 Å². The number of fused-ring (bicyclic) bond motifs is 1. The normalized spacial score (nSPS) is 14.0. The number of hydrogen-bond acceptors (Lipinski definition) is 5. The molecule has 1 heterocycles. The van der Waals surface area contributed by atoms with Gasteiger partial charge in [-0.3, -0.25) is 4.79 Å². The Morgan fingerprint density at radius 3 is 2.43 bits per heavy atom. The Morgan fingerprint density at radius 2 is 1.82 bits per heavy atom. The van der Waals surface area contributed by atoms with Crippen LogP contribution in [0.1, 0.15) is 25.8 Å². The molecule has 0 fully saturated rings. The minimum Gasteiger partial charge on any atom is -0.465 e. The predicted molar refractivity (Wildman–Crippen MR) is 109 cm³/mol. The molecule has 0 saturated heterocycles. The third kappa shape index (κ3) is 3.94. The first-order valence-corrected chi connectivity index (χ1v) is 11.0. The van der Waals surface area contributed by atoms with Crippen LogP contribution < -0.4 is 0 Å². The van der Waals surface area contributed by atoms with Gasteiger partial charge in [-0.1, -0.05) is 30.3 Å². The molecule has 0 aliphatic heterocycles. The Morgan fingerprint density at radius 1 is 1.14 bits per heavy atom. The standard InChI is InChI=1S/C21H24N2O4S/c1-4-27-20(24)21(2,28(3,25)26)14-13-16-9-11-18(12-10-16)23-15-17-7-5-6-8-19(17)22-23/h5-12,15H,4,13-14H2,1-3H3. The molecule has 3 aromatic rings. The molecule has 3 rings (SSSR count). The third-order valence-electron chi connectivity index (χ3n) is 5.03. The maximum atomic E-state index is 12.2. The highest BCUT2D eigenvalue weighted by molar-refractivity contribution is 7.92. The van der Waals surface area contributed by atoms with Crippen LogP contribution in [0.5, 0.6) is 0 Å². The molecule has 0 bridgehead atoms. The second kappa shape index (κ2) is 7.75. The molecule has 0 radical (unpaired) electrons. The lowest BCUT2D eigenvalue weighted by Gasteiger charge is -2.25. The van der Waals surface area contributed by atoms with E-state index in [4.69, 9.17) is 4.74 Å². The molecule has 1 aromatic heterocycles. The molecule has 1 unspecified atom stereocenters. The second-order valence-corrected chi connectivity index (χ2v) is 9.47. The molecule has 7 heteroatoms. The topological polar surface area (TPSA) is 78.3 Å². The summed E-state index contributed by atoms with van der Waals surface area (Å²) in [7, 11) is -3.61. The quantitative estimate of drug-likeness (QED) is 0.569. The smallest absolute Gasteiger partial charge is 0.327 e. The van der Waals surface area contributed by atoms with Crippen molar-refractivity contribution >= 4 is 26.7 Å². The molecular formula is C21H24N2O4S. The van der Waals surface area contributed by atoms with Gasteiger partial charge in [-0.15, -0.1) is 0 Å². The van der Waals surface area contributed by atoms with Crippen molar-refractivity contribution in [3.8, 4) is 5.69 Å². The monoisotopic (exact) mass is 400 g/mol. The fourth-order valence-corrected chi connectivity index (χ4v) is 3.85. The van der Waals surface area contributed by atoms with Crippen molar-refractivity contribution in [2.45, 2.75) is 31.4 Å². The minimum absolute atomic E-state index is 0.150. The van der Waals surface area contributed by atoms with Crippen LogP contribution in [-0.2, 0) is 25.8 Å². The molecule has 0 amide bonds. The van der Waals surface area contributed by atoms with Crippen molar-refractivity contribution in [3.05, 3.63) is 60.3 Å². The number of carbonyl (C=O) groups excluding carboxylic acids is 1. The lowest BCUT2D eigenvalue weighted by Crippen LogP contribution is -2.44. The molecule has 6 nitrogen and oxygen atoms in total. The van der Waals surface area contributed by atoms with Gasteiger partial charge in [-0.2, -0.15) is 5.10 Å². The van der Waals surface area contributed by atoms with Crippen LogP contribution in [0.25, 0.3) is 16.6 Å². The van der Waals surface area contributed by atoms with Gasteiger partial charge in [0.25, 0.3) is 0 Å². The van der Waals surface area contributed by atoms with E-state index in [0.717, 1.165) is 28.4 Å². The van der Waals surface area contributed by atoms with Crippen molar-refractivity contribution < 1.29 is 17.9 Å². The number of esters is 1. The Labute approximate surface area is 165 Å². The van der Waals surface area contributed by atoms with Crippen LogP contribution in [0.15, 0.2) is 54.7 Å². The zero-order valence-electron chi connectivity index (χ0n) is 16.3. The van der Waals surface area contributed by atoms with Crippen molar-refractivity contribution in [2.24, 2.45) is 0 Å². The van der Waals surface area contributed by atoms with Gasteiger partial charge in [0.1, 0.15) is 0 Å². The molecule has 0 N–H and O–H groups in total. The minimum atomic E-state index is -3.61. The number of hydrogen-bond donors (Lipinski definition) is 0. The molecular weight excluding hydrogens is 376 g/mol. The summed E-state index contributed by atoms with van der Waals surface area (Å²) in [6.07, 6.45) is 3.65. The number of nitrogens with zero attached hydrogens (tertiary/aromatic N) is 2. The van der Waals surface area contributed by atoms with Crippen molar-refractivity contribution in [1.82, 2.24) is 9.78 Å². The van der Waals surface area contributed by atoms with E-state index in [9.17, 15) is 13.2 Å². The highest BCUT2D eigenvalue weighted by atomic mass is 32.2. The summed E-state index contributed by atoms with van der Waals surface area (Å²) in [6, 6.07) is 15.6. The summed E-state index contributed by atoms with van der Waals surface area (Å²) in [6.45, 7) is 3.25. The summed E-state index contributed by atoms with van der Waals surface area (Å²) in [5.41, 5.74) is 2.78. The first kappa shape index (κ1) is 20.1. The zero-order valence-corrected chi connectivity index (χ0v) is 17.1. The van der Waals surface area contributed by atoms with Gasteiger partial charge in [0.15, 0.2) is 14.6 Å². The number of aryl methyl sites for hydroxylation is 1. The number of aromatic nitrogens is 2. The van der Waals surface area contributed by atoms with E-state index in [-0.39, 0.29) is 13.0 Å². The van der Waals surface area contributed by atoms with Crippen molar-refractivity contribution in [1.29, 1.82) is 0 Å². The zero-order chi connectivity index (χ0) is 20.4. The van der Waals surface area contributed by atoms with Crippen LogP contribution in [0.2, 0.25) is 0 Å². The van der Waals surface area contributed by atoms with E-state index in [0.29, 0.717) is 6.42 Å². The highest BCUT2D eigenvalue weighted by Gasteiger charge is 2.44. The number of sulfone groups is 1. The summed E-state index contributed by atoms with van der Waals surface area (Å²) >= 11 is 0. The molecule has 0 saturated carbocycles. The van der Waals surface area contributed by atoms with E-state index in [1.54, 1.807) is 6.92 Å². The Hall–Kier alpha value is -2.67. The van der Waals surface area contributed by atoms with Gasteiger partial charge < -0.3 is 4.74 Å². The molecule has 0 aliphatic rings. The molecule has 148 valence electrons. The highest BCUT2D eigenvalue weighted by Crippen LogP contribution is 2.25. The third-order valence-corrected chi connectivity index (χ3v) is 7.04. The van der Waals surface area contributed by atoms with Crippen molar-refractivity contribution in [3.63, 3.8) is 0 Å². The summed E-state index contributed by atoms with van der Waals surface area (Å²) in [4.78, 5) is 12.2. The fourth-order valence-electron chi connectivity index (χ4n) is 3.02. The van der Waals surface area contributed by atoms with E-state index in [1.165, 1.54) is 6.92 Å². The number of benzene rings is 2. The van der Waals surface area contributed by atoms with Gasteiger partial charge >= 0.3 is 5.97 Å². The van der Waals surface area contributed by atoms with Gasteiger partial charge in [-0.25, -0.2) is 13.1 Å². The average Bonchev–Trinajstić information content (AvgIpc) is 3.10.